The normalized spacial score (nSPS) is 15.6. The van der Waals surface area contributed by atoms with Gasteiger partial charge in [0.2, 0.25) is 10.0 Å². The van der Waals surface area contributed by atoms with Crippen molar-refractivity contribution in [3.8, 4) is 5.75 Å². The van der Waals surface area contributed by atoms with E-state index in [0.717, 1.165) is 19.3 Å². The topological polar surface area (TPSA) is 102 Å². The first-order valence-corrected chi connectivity index (χ1v) is 12.0. The average Bonchev–Trinajstić information content (AvgIpc) is 2.80. The highest BCUT2D eigenvalue weighted by Gasteiger charge is 2.26. The molecule has 1 fully saturated rings. The second-order valence-corrected chi connectivity index (χ2v) is 9.54. The second-order valence-electron chi connectivity index (χ2n) is 7.60. The third kappa shape index (κ3) is 5.86. The van der Waals surface area contributed by atoms with Crippen LogP contribution in [0.1, 0.15) is 31.7 Å². The van der Waals surface area contributed by atoms with Crippen molar-refractivity contribution in [2.45, 2.75) is 43.6 Å². The van der Waals surface area contributed by atoms with Crippen LogP contribution in [0.2, 0.25) is 0 Å². The number of anilines is 1. The second kappa shape index (κ2) is 10.6. The average molecular weight is 461 g/mol. The van der Waals surface area contributed by atoms with Crippen LogP contribution in [0.4, 0.5) is 5.69 Å². The van der Waals surface area contributed by atoms with E-state index in [2.05, 4.69) is 5.32 Å². The Morgan fingerprint density at radius 1 is 1.03 bits per heavy atom. The Morgan fingerprint density at radius 2 is 1.69 bits per heavy atom. The van der Waals surface area contributed by atoms with Gasteiger partial charge < -0.3 is 14.8 Å². The number of piperidine rings is 1. The zero-order chi connectivity index (χ0) is 23.1. The minimum absolute atomic E-state index is 0.0231. The molecule has 1 heterocycles. The number of carbonyl (C=O) groups is 2. The summed E-state index contributed by atoms with van der Waals surface area (Å²) in [4.78, 5) is 24.8. The summed E-state index contributed by atoms with van der Waals surface area (Å²) in [5.74, 6) is -0.494. The molecule has 8 nitrogen and oxygen atoms in total. The van der Waals surface area contributed by atoms with E-state index >= 15 is 0 Å². The van der Waals surface area contributed by atoms with Crippen LogP contribution in [0.25, 0.3) is 0 Å². The van der Waals surface area contributed by atoms with Crippen molar-refractivity contribution in [2.24, 2.45) is 0 Å². The molecular formula is C23H28N2O6S. The molecule has 2 aromatic carbocycles. The minimum atomic E-state index is -3.53. The lowest BCUT2D eigenvalue weighted by molar-refractivity contribution is -0.152. The molecule has 2 aromatic rings. The highest BCUT2D eigenvalue weighted by Crippen LogP contribution is 2.22. The molecule has 3 rings (SSSR count). The van der Waals surface area contributed by atoms with Crippen LogP contribution in [0, 0.1) is 0 Å². The standard InChI is InChI=1S/C23H28N2O6S/c1-17(31-22(26)16-18-8-4-5-9-21(18)30-2)23(27)24-19-10-12-20(13-11-19)32(28,29)25-14-6-3-7-15-25/h4-5,8-13,17H,3,6-7,14-16H2,1-2H3,(H,24,27)/t17-/m1/s1. The zero-order valence-corrected chi connectivity index (χ0v) is 19.1. The lowest BCUT2D eigenvalue weighted by atomic mass is 10.1. The number of benzene rings is 2. The zero-order valence-electron chi connectivity index (χ0n) is 18.2. The Labute approximate surface area is 188 Å². The van der Waals surface area contributed by atoms with Crippen LogP contribution in [0.3, 0.4) is 0 Å². The lowest BCUT2D eigenvalue weighted by Crippen LogP contribution is -2.35. The van der Waals surface area contributed by atoms with Crippen LogP contribution in [0.15, 0.2) is 53.4 Å². The molecular weight excluding hydrogens is 432 g/mol. The number of nitrogens with one attached hydrogen (secondary N) is 1. The number of ether oxygens (including phenoxy) is 2. The molecule has 9 heteroatoms. The van der Waals surface area contributed by atoms with Gasteiger partial charge in [0, 0.05) is 24.3 Å². The highest BCUT2D eigenvalue weighted by atomic mass is 32.2. The van der Waals surface area contributed by atoms with Crippen LogP contribution in [0.5, 0.6) is 5.75 Å². The van der Waals surface area contributed by atoms with Gasteiger partial charge >= 0.3 is 5.97 Å². The van der Waals surface area contributed by atoms with Crippen LogP contribution in [-0.2, 0) is 30.8 Å². The number of esters is 1. The molecule has 32 heavy (non-hydrogen) atoms. The fraction of sp³-hybridized carbons (Fsp3) is 0.391. The molecule has 0 spiro atoms. The fourth-order valence-electron chi connectivity index (χ4n) is 3.51. The molecule has 0 aliphatic carbocycles. The summed E-state index contributed by atoms with van der Waals surface area (Å²) in [5.41, 5.74) is 1.08. The predicted octanol–water partition coefficient (Wildman–Crippen LogP) is 2.98. The third-order valence-electron chi connectivity index (χ3n) is 5.28. The van der Waals surface area contributed by atoms with E-state index in [1.54, 1.807) is 24.3 Å². The van der Waals surface area contributed by atoms with Crippen molar-refractivity contribution in [3.05, 3.63) is 54.1 Å². The van der Waals surface area contributed by atoms with Gasteiger partial charge in [0.25, 0.3) is 5.91 Å². The number of hydrogen-bond acceptors (Lipinski definition) is 6. The Bertz CT molecular complexity index is 1050. The van der Waals surface area contributed by atoms with Gasteiger partial charge in [0.1, 0.15) is 5.75 Å². The van der Waals surface area contributed by atoms with Crippen LogP contribution in [-0.4, -0.2) is 50.9 Å². The number of amides is 1. The van der Waals surface area contributed by atoms with E-state index in [9.17, 15) is 18.0 Å². The molecule has 1 saturated heterocycles. The number of methoxy groups -OCH3 is 1. The first-order valence-electron chi connectivity index (χ1n) is 10.5. The summed E-state index contributed by atoms with van der Waals surface area (Å²) in [6.45, 7) is 2.53. The Kier molecular flexibility index (Phi) is 7.87. The molecule has 0 saturated carbocycles. The van der Waals surface area contributed by atoms with Gasteiger partial charge in [-0.25, -0.2) is 8.42 Å². The molecule has 1 aliphatic rings. The largest absolute Gasteiger partial charge is 0.496 e. The van der Waals surface area contributed by atoms with Gasteiger partial charge in [-0.2, -0.15) is 4.31 Å². The summed E-state index contributed by atoms with van der Waals surface area (Å²) in [6.07, 6.45) is 1.72. The maximum Gasteiger partial charge on any atom is 0.311 e. The Balaban J connectivity index is 1.56. The summed E-state index contributed by atoms with van der Waals surface area (Å²) in [5, 5.41) is 2.64. The summed E-state index contributed by atoms with van der Waals surface area (Å²) in [7, 11) is -2.02. The maximum atomic E-state index is 12.7. The SMILES string of the molecule is COc1ccccc1CC(=O)O[C@H](C)C(=O)Nc1ccc(S(=O)(=O)N2CCCCC2)cc1. The number of carbonyl (C=O) groups excluding carboxylic acids is 2. The van der Waals surface area contributed by atoms with Gasteiger partial charge in [0.05, 0.1) is 18.4 Å². The number of nitrogens with zero attached hydrogens (tertiary/aromatic N) is 1. The van der Waals surface area contributed by atoms with Gasteiger partial charge in [0.15, 0.2) is 6.10 Å². The van der Waals surface area contributed by atoms with Crippen molar-refractivity contribution in [1.82, 2.24) is 4.31 Å². The minimum Gasteiger partial charge on any atom is -0.496 e. The van der Waals surface area contributed by atoms with Gasteiger partial charge in [-0.1, -0.05) is 24.6 Å². The van der Waals surface area contributed by atoms with E-state index in [-0.39, 0.29) is 11.3 Å². The van der Waals surface area contributed by atoms with Crippen molar-refractivity contribution in [1.29, 1.82) is 0 Å². The van der Waals surface area contributed by atoms with Crippen molar-refractivity contribution in [3.63, 3.8) is 0 Å². The van der Waals surface area contributed by atoms with Crippen molar-refractivity contribution >= 4 is 27.6 Å². The number of para-hydroxylation sites is 1. The number of sulfonamides is 1. The molecule has 1 N–H and O–H groups in total. The van der Waals surface area contributed by atoms with E-state index in [0.29, 0.717) is 30.1 Å². The summed E-state index contributed by atoms with van der Waals surface area (Å²) >= 11 is 0. The highest BCUT2D eigenvalue weighted by molar-refractivity contribution is 7.89. The molecule has 0 unspecified atom stereocenters. The summed E-state index contributed by atoms with van der Waals surface area (Å²) in [6, 6.07) is 13.1. The first kappa shape index (κ1) is 23.7. The van der Waals surface area contributed by atoms with Crippen LogP contribution < -0.4 is 10.1 Å². The number of hydrogen-bond donors (Lipinski definition) is 1. The Hall–Kier alpha value is -2.91. The lowest BCUT2D eigenvalue weighted by Gasteiger charge is -2.25. The molecule has 0 radical (unpaired) electrons. The molecule has 0 bridgehead atoms. The smallest absolute Gasteiger partial charge is 0.311 e. The first-order chi connectivity index (χ1) is 15.3. The van der Waals surface area contributed by atoms with E-state index in [1.165, 1.54) is 42.6 Å². The third-order valence-corrected chi connectivity index (χ3v) is 7.19. The monoisotopic (exact) mass is 460 g/mol. The maximum absolute atomic E-state index is 12.7. The van der Waals surface area contributed by atoms with Gasteiger partial charge in [-0.05, 0) is 50.1 Å². The predicted molar refractivity (Wildman–Crippen MR) is 120 cm³/mol. The number of rotatable bonds is 8. The molecule has 0 aromatic heterocycles. The van der Waals surface area contributed by atoms with Crippen molar-refractivity contribution < 1.29 is 27.5 Å². The molecule has 1 amide bonds. The van der Waals surface area contributed by atoms with E-state index < -0.39 is 28.0 Å². The quantitative estimate of drug-likeness (QED) is 0.608. The molecule has 1 atom stereocenters. The van der Waals surface area contributed by atoms with Gasteiger partial charge in [-0.15, -0.1) is 0 Å². The van der Waals surface area contributed by atoms with Crippen LogP contribution >= 0.6 is 0 Å². The molecule has 1 aliphatic heterocycles. The summed E-state index contributed by atoms with van der Waals surface area (Å²) < 4.78 is 37.4. The van der Waals surface area contributed by atoms with E-state index in [1.807, 2.05) is 0 Å². The fourth-order valence-corrected chi connectivity index (χ4v) is 5.02. The van der Waals surface area contributed by atoms with Crippen molar-refractivity contribution in [2.75, 3.05) is 25.5 Å². The van der Waals surface area contributed by atoms with Gasteiger partial charge in [-0.3, -0.25) is 9.59 Å². The van der Waals surface area contributed by atoms with E-state index in [4.69, 9.17) is 9.47 Å². The molecule has 172 valence electrons. The Morgan fingerprint density at radius 3 is 2.34 bits per heavy atom.